The second-order valence-corrected chi connectivity index (χ2v) is 3.53. The van der Waals surface area contributed by atoms with Crippen LogP contribution in [0.2, 0.25) is 0 Å². The summed E-state index contributed by atoms with van der Waals surface area (Å²) in [6, 6.07) is 0. The Bertz CT molecular complexity index is 91.1. The highest BCUT2D eigenvalue weighted by Crippen LogP contribution is 2.03. The molecule has 2 N–H and O–H groups in total. The summed E-state index contributed by atoms with van der Waals surface area (Å²) < 4.78 is 0. The molecule has 0 aromatic heterocycles. The van der Waals surface area contributed by atoms with Gasteiger partial charge in [0.2, 0.25) is 0 Å². The molecule has 0 radical (unpaired) electrons. The third kappa shape index (κ3) is 97.8. The largest absolute Gasteiger partial charge is 0.390 e. The lowest BCUT2D eigenvalue weighted by Gasteiger charge is -1.93. The Kier molecular flexibility index (Phi) is 67.4. The van der Waals surface area contributed by atoms with Crippen LogP contribution in [-0.4, -0.2) is 13.4 Å². The second-order valence-electron chi connectivity index (χ2n) is 3.53. The van der Waals surface area contributed by atoms with Gasteiger partial charge in [-0.1, -0.05) is 72.6 Å². The lowest BCUT2D eigenvalue weighted by molar-refractivity contribution is 0.624. The van der Waals surface area contributed by atoms with E-state index in [1.165, 1.54) is 51.3 Å². The van der Waals surface area contributed by atoms with E-state index >= 15 is 0 Å². The second kappa shape index (κ2) is 45.6. The highest BCUT2D eigenvalue weighted by molar-refractivity contribution is 5.50. The molecule has 0 saturated heterocycles. The number of unbranched alkanes of at least 4 members (excludes halogenated alkanes) is 5. The van der Waals surface area contributed by atoms with E-state index in [9.17, 15) is 0 Å². The average molecular weight is 244 g/mol. The fraction of sp³-hybridized carbons (Fsp3) is 0.800. The summed E-state index contributed by atoms with van der Waals surface area (Å²) in [5, 5.41) is 0. The maximum atomic E-state index is 4.74. The summed E-state index contributed by atoms with van der Waals surface area (Å²) in [5.74, 6) is 0. The Labute approximate surface area is 110 Å². The number of rotatable bonds is 5. The molecule has 0 spiro atoms. The third-order valence-electron chi connectivity index (χ3n) is 1.61. The number of nitrogens with two attached hydrogens (primary N) is 1. The van der Waals surface area contributed by atoms with Gasteiger partial charge >= 0.3 is 0 Å². The van der Waals surface area contributed by atoms with Crippen LogP contribution in [-0.2, 0) is 0 Å². The van der Waals surface area contributed by atoms with E-state index in [4.69, 9.17) is 5.73 Å². The maximum Gasteiger partial charge on any atom is 0.0794 e. The van der Waals surface area contributed by atoms with Crippen molar-refractivity contribution in [2.75, 3.05) is 7.05 Å². The smallest absolute Gasteiger partial charge is 0.0794 e. The standard InChI is InChI=1S/C8H18.C3H8.C2H6N2.C2H4/c1-3-5-7-8-6-4-2;1-3-2;1-4-2-3;1-2/h3-8H2,1-2H3;3H2,1-2H3;2H,1H3,(H2,3,4);1-2H2. The normalized spacial score (nSPS) is 8.06. The first-order valence-corrected chi connectivity index (χ1v) is 6.87. The fourth-order valence-corrected chi connectivity index (χ4v) is 0.854. The predicted molar refractivity (Wildman–Crippen MR) is 84.9 cm³/mol. The lowest BCUT2D eigenvalue weighted by Crippen LogP contribution is -1.84. The first-order valence-electron chi connectivity index (χ1n) is 6.87. The zero-order chi connectivity index (χ0) is 14.4. The minimum Gasteiger partial charge on any atom is -0.390 e. The van der Waals surface area contributed by atoms with E-state index in [1.807, 2.05) is 0 Å². The Balaban J connectivity index is -0.0000000792. The number of aliphatic imine (C=N–C) groups is 1. The van der Waals surface area contributed by atoms with Gasteiger partial charge in [0.1, 0.15) is 0 Å². The average Bonchev–Trinajstić information content (AvgIpc) is 2.38. The van der Waals surface area contributed by atoms with Gasteiger partial charge in [0.15, 0.2) is 0 Å². The molecule has 2 nitrogen and oxygen atoms in total. The van der Waals surface area contributed by atoms with E-state index in [0.717, 1.165) is 0 Å². The van der Waals surface area contributed by atoms with Gasteiger partial charge in [-0.15, -0.1) is 13.2 Å². The minimum absolute atomic E-state index is 1.25. The van der Waals surface area contributed by atoms with Crippen LogP contribution in [0.5, 0.6) is 0 Å². The summed E-state index contributed by atoms with van der Waals surface area (Å²) in [7, 11) is 1.62. The molecule has 0 aliphatic carbocycles. The highest BCUT2D eigenvalue weighted by Gasteiger charge is 1.83. The summed E-state index contributed by atoms with van der Waals surface area (Å²) in [5.41, 5.74) is 4.74. The van der Waals surface area contributed by atoms with Crippen LogP contribution in [0.25, 0.3) is 0 Å². The van der Waals surface area contributed by atoms with Gasteiger partial charge in [-0.05, 0) is 0 Å². The molecule has 2 heteroatoms. The maximum absolute atomic E-state index is 4.74. The van der Waals surface area contributed by atoms with Crippen LogP contribution >= 0.6 is 0 Å². The molecule has 0 fully saturated rings. The molecule has 0 amide bonds. The van der Waals surface area contributed by atoms with Gasteiger partial charge in [0, 0.05) is 7.05 Å². The van der Waals surface area contributed by atoms with Crippen molar-refractivity contribution in [3.05, 3.63) is 13.2 Å². The molecule has 0 unspecified atom stereocenters. The van der Waals surface area contributed by atoms with Gasteiger partial charge in [-0.25, -0.2) is 0 Å². The predicted octanol–water partition coefficient (Wildman–Crippen LogP) is 5.19. The van der Waals surface area contributed by atoms with E-state index in [2.05, 4.69) is 45.8 Å². The monoisotopic (exact) mass is 244 g/mol. The lowest BCUT2D eigenvalue weighted by atomic mass is 10.1. The Hall–Kier alpha value is -0.790. The highest BCUT2D eigenvalue weighted by atomic mass is 14.7. The molecule has 0 rings (SSSR count). The van der Waals surface area contributed by atoms with E-state index in [0.29, 0.717) is 0 Å². The molecular formula is C15H36N2. The van der Waals surface area contributed by atoms with E-state index < -0.39 is 0 Å². The third-order valence-corrected chi connectivity index (χ3v) is 1.61. The van der Waals surface area contributed by atoms with Crippen molar-refractivity contribution in [2.24, 2.45) is 10.7 Å². The van der Waals surface area contributed by atoms with Crippen LogP contribution in [0.1, 0.15) is 72.6 Å². The fourth-order valence-electron chi connectivity index (χ4n) is 0.854. The molecule has 0 aliphatic heterocycles. The van der Waals surface area contributed by atoms with Gasteiger partial charge in [0.05, 0.1) is 6.34 Å². The Morgan fingerprint density at radius 1 is 0.882 bits per heavy atom. The van der Waals surface area contributed by atoms with Crippen LogP contribution in [0.3, 0.4) is 0 Å². The van der Waals surface area contributed by atoms with Crippen molar-refractivity contribution >= 4 is 6.34 Å². The van der Waals surface area contributed by atoms with Gasteiger partial charge in [0.25, 0.3) is 0 Å². The SMILES string of the molecule is C=C.CCC.CCCCCCCC.CN=CN. The molecule has 0 atom stereocenters. The zero-order valence-corrected chi connectivity index (χ0v) is 13.0. The molecule has 0 heterocycles. The van der Waals surface area contributed by atoms with Crippen LogP contribution < -0.4 is 5.73 Å². The zero-order valence-electron chi connectivity index (χ0n) is 13.0. The van der Waals surface area contributed by atoms with Crippen molar-refractivity contribution in [1.82, 2.24) is 0 Å². The summed E-state index contributed by atoms with van der Waals surface area (Å²) >= 11 is 0. The van der Waals surface area contributed by atoms with Crippen molar-refractivity contribution in [3.8, 4) is 0 Å². The molecule has 106 valence electrons. The molecule has 0 aliphatic rings. The number of nitrogens with zero attached hydrogens (tertiary/aromatic N) is 1. The van der Waals surface area contributed by atoms with Crippen LogP contribution in [0, 0.1) is 0 Å². The molecule has 0 bridgehead atoms. The van der Waals surface area contributed by atoms with Gasteiger partial charge in [-0.2, -0.15) is 0 Å². The first kappa shape index (κ1) is 25.2. The molecule has 0 aromatic carbocycles. The van der Waals surface area contributed by atoms with Crippen LogP contribution in [0.4, 0.5) is 0 Å². The molecular weight excluding hydrogens is 208 g/mol. The van der Waals surface area contributed by atoms with E-state index in [-0.39, 0.29) is 0 Å². The van der Waals surface area contributed by atoms with Crippen molar-refractivity contribution in [3.63, 3.8) is 0 Å². The van der Waals surface area contributed by atoms with Crippen molar-refractivity contribution in [1.29, 1.82) is 0 Å². The number of hydrogen-bond donors (Lipinski definition) is 1. The number of hydrogen-bond acceptors (Lipinski definition) is 1. The quantitative estimate of drug-likeness (QED) is 0.307. The first-order chi connectivity index (χ1) is 8.24. The Morgan fingerprint density at radius 3 is 1.24 bits per heavy atom. The molecule has 0 saturated carbocycles. The minimum atomic E-state index is 1.25. The van der Waals surface area contributed by atoms with E-state index in [1.54, 1.807) is 7.05 Å². The summed E-state index contributed by atoms with van der Waals surface area (Å²) in [6.45, 7) is 14.8. The molecule has 17 heavy (non-hydrogen) atoms. The summed E-state index contributed by atoms with van der Waals surface area (Å²) in [4.78, 5) is 3.39. The molecule has 0 aromatic rings. The van der Waals surface area contributed by atoms with Gasteiger partial charge in [-0.3, -0.25) is 4.99 Å². The van der Waals surface area contributed by atoms with Gasteiger partial charge < -0.3 is 5.73 Å². The van der Waals surface area contributed by atoms with Crippen molar-refractivity contribution in [2.45, 2.75) is 72.6 Å². The van der Waals surface area contributed by atoms with Crippen LogP contribution in [0.15, 0.2) is 18.2 Å². The summed E-state index contributed by atoms with van der Waals surface area (Å²) in [6.07, 6.45) is 11.0. The topological polar surface area (TPSA) is 38.4 Å². The van der Waals surface area contributed by atoms with Crippen molar-refractivity contribution < 1.29 is 0 Å². The Morgan fingerprint density at radius 2 is 1.12 bits per heavy atom.